The molecular formula is C12H22N2OS. The van der Waals surface area contributed by atoms with Crippen LogP contribution >= 0.6 is 11.8 Å². The molecule has 0 radical (unpaired) electrons. The fourth-order valence-corrected chi connectivity index (χ4v) is 3.78. The number of rotatable bonds is 2. The van der Waals surface area contributed by atoms with Crippen LogP contribution in [0, 0.1) is 0 Å². The van der Waals surface area contributed by atoms with Gasteiger partial charge in [-0.05, 0) is 51.2 Å². The Morgan fingerprint density at radius 3 is 2.62 bits per heavy atom. The van der Waals surface area contributed by atoms with E-state index in [9.17, 15) is 4.79 Å². The van der Waals surface area contributed by atoms with Gasteiger partial charge in [0.05, 0.1) is 4.75 Å². The molecule has 0 bridgehead atoms. The predicted octanol–water partition coefficient (Wildman–Crippen LogP) is 1.66. The van der Waals surface area contributed by atoms with Gasteiger partial charge in [-0.3, -0.25) is 4.79 Å². The maximum Gasteiger partial charge on any atom is 0.236 e. The lowest BCUT2D eigenvalue weighted by atomic mass is 9.91. The van der Waals surface area contributed by atoms with E-state index in [2.05, 4.69) is 12.2 Å². The van der Waals surface area contributed by atoms with Crippen LogP contribution in [0.1, 0.15) is 45.4 Å². The molecule has 1 saturated heterocycles. The first-order valence-electron chi connectivity index (χ1n) is 6.31. The molecule has 3 nitrogen and oxygen atoms in total. The van der Waals surface area contributed by atoms with E-state index in [0.29, 0.717) is 12.1 Å². The molecule has 4 heteroatoms. The van der Waals surface area contributed by atoms with Gasteiger partial charge in [0.15, 0.2) is 0 Å². The molecule has 92 valence electrons. The van der Waals surface area contributed by atoms with Crippen LogP contribution < -0.4 is 11.1 Å². The van der Waals surface area contributed by atoms with Gasteiger partial charge in [0.2, 0.25) is 5.91 Å². The molecule has 16 heavy (non-hydrogen) atoms. The lowest BCUT2D eigenvalue weighted by Crippen LogP contribution is -2.47. The predicted molar refractivity (Wildman–Crippen MR) is 68.5 cm³/mol. The standard InChI is InChI=1S/C12H22N2OS/c1-12(7-2-8-16-12)11(15)14-10-5-3-9(13)4-6-10/h9-10H,2-8,13H2,1H3,(H,14,15). The molecule has 1 atom stereocenters. The maximum absolute atomic E-state index is 12.2. The summed E-state index contributed by atoms with van der Waals surface area (Å²) < 4.78 is -0.167. The Morgan fingerprint density at radius 1 is 1.38 bits per heavy atom. The van der Waals surface area contributed by atoms with Crippen LogP contribution in [0.4, 0.5) is 0 Å². The second kappa shape index (κ2) is 4.96. The van der Waals surface area contributed by atoms with Crippen LogP contribution in [-0.4, -0.2) is 28.5 Å². The number of thioether (sulfide) groups is 1. The third kappa shape index (κ3) is 2.72. The van der Waals surface area contributed by atoms with E-state index >= 15 is 0 Å². The molecule has 1 saturated carbocycles. The summed E-state index contributed by atoms with van der Waals surface area (Å²) in [5.74, 6) is 1.37. The van der Waals surface area contributed by atoms with Crippen LogP contribution in [0.5, 0.6) is 0 Å². The molecule has 2 aliphatic rings. The third-order valence-corrected chi connectivity index (χ3v) is 5.33. The highest BCUT2D eigenvalue weighted by Crippen LogP contribution is 2.38. The fraction of sp³-hybridized carbons (Fsp3) is 0.917. The maximum atomic E-state index is 12.2. The molecule has 3 N–H and O–H groups in total. The largest absolute Gasteiger partial charge is 0.352 e. The van der Waals surface area contributed by atoms with Crippen LogP contribution in [0.2, 0.25) is 0 Å². The molecular weight excluding hydrogens is 220 g/mol. The molecule has 1 unspecified atom stereocenters. The molecule has 1 heterocycles. The van der Waals surface area contributed by atoms with Gasteiger partial charge < -0.3 is 11.1 Å². The lowest BCUT2D eigenvalue weighted by Gasteiger charge is -2.30. The molecule has 1 amide bonds. The minimum Gasteiger partial charge on any atom is -0.352 e. The van der Waals surface area contributed by atoms with Crippen molar-refractivity contribution < 1.29 is 4.79 Å². The number of hydrogen-bond donors (Lipinski definition) is 2. The first-order chi connectivity index (χ1) is 7.60. The van der Waals surface area contributed by atoms with Crippen molar-refractivity contribution >= 4 is 17.7 Å². The molecule has 1 aliphatic carbocycles. The van der Waals surface area contributed by atoms with E-state index in [0.717, 1.165) is 37.9 Å². The Labute approximate surface area is 102 Å². The molecule has 0 spiro atoms. The van der Waals surface area contributed by atoms with Gasteiger partial charge in [-0.15, -0.1) is 11.8 Å². The zero-order valence-electron chi connectivity index (χ0n) is 10.00. The Kier molecular flexibility index (Phi) is 3.80. The van der Waals surface area contributed by atoms with Gasteiger partial charge >= 0.3 is 0 Å². The summed E-state index contributed by atoms with van der Waals surface area (Å²) in [4.78, 5) is 12.2. The normalized spacial score (nSPS) is 39.6. The van der Waals surface area contributed by atoms with Gasteiger partial charge in [-0.25, -0.2) is 0 Å². The highest BCUT2D eigenvalue weighted by molar-refractivity contribution is 8.01. The van der Waals surface area contributed by atoms with Gasteiger partial charge in [-0.2, -0.15) is 0 Å². The summed E-state index contributed by atoms with van der Waals surface area (Å²) in [6.07, 6.45) is 6.39. The van der Waals surface area contributed by atoms with Gasteiger partial charge in [0, 0.05) is 12.1 Å². The minimum absolute atomic E-state index is 0.167. The van der Waals surface area contributed by atoms with Gasteiger partial charge in [-0.1, -0.05) is 0 Å². The van der Waals surface area contributed by atoms with Crippen molar-refractivity contribution in [3.8, 4) is 0 Å². The summed E-state index contributed by atoms with van der Waals surface area (Å²) in [6, 6.07) is 0.718. The van der Waals surface area contributed by atoms with Crippen LogP contribution in [-0.2, 0) is 4.79 Å². The lowest BCUT2D eigenvalue weighted by molar-refractivity contribution is -0.124. The Hall–Kier alpha value is -0.220. The van der Waals surface area contributed by atoms with Crippen molar-refractivity contribution in [3.63, 3.8) is 0 Å². The average Bonchev–Trinajstić information content (AvgIpc) is 2.70. The van der Waals surface area contributed by atoms with Gasteiger partial charge in [0.1, 0.15) is 0 Å². The summed E-state index contributed by atoms with van der Waals surface area (Å²) in [6.45, 7) is 2.08. The van der Waals surface area contributed by atoms with Crippen molar-refractivity contribution in [2.24, 2.45) is 5.73 Å². The topological polar surface area (TPSA) is 55.1 Å². The minimum atomic E-state index is -0.167. The van der Waals surface area contributed by atoms with E-state index in [1.165, 1.54) is 6.42 Å². The van der Waals surface area contributed by atoms with E-state index in [4.69, 9.17) is 5.73 Å². The zero-order chi connectivity index (χ0) is 11.6. The van der Waals surface area contributed by atoms with Crippen molar-refractivity contribution in [2.45, 2.75) is 62.3 Å². The number of carbonyl (C=O) groups is 1. The first kappa shape index (κ1) is 12.2. The van der Waals surface area contributed by atoms with E-state index in [1.54, 1.807) is 11.8 Å². The Morgan fingerprint density at radius 2 is 2.06 bits per heavy atom. The summed E-state index contributed by atoms with van der Waals surface area (Å²) in [5, 5.41) is 3.21. The molecule has 0 aromatic rings. The molecule has 0 aromatic heterocycles. The Balaban J connectivity index is 1.83. The highest BCUT2D eigenvalue weighted by Gasteiger charge is 2.38. The monoisotopic (exact) mass is 242 g/mol. The number of nitrogens with one attached hydrogen (secondary N) is 1. The van der Waals surface area contributed by atoms with Crippen LogP contribution in [0.3, 0.4) is 0 Å². The SMILES string of the molecule is CC1(C(=O)NC2CCC(N)CC2)CCCS1. The van der Waals surface area contributed by atoms with Crippen molar-refractivity contribution in [2.75, 3.05) is 5.75 Å². The molecule has 0 aromatic carbocycles. The summed E-state index contributed by atoms with van der Waals surface area (Å²) in [7, 11) is 0. The summed E-state index contributed by atoms with van der Waals surface area (Å²) >= 11 is 1.81. The number of hydrogen-bond acceptors (Lipinski definition) is 3. The molecule has 1 aliphatic heterocycles. The fourth-order valence-electron chi connectivity index (χ4n) is 2.56. The molecule has 2 fully saturated rings. The Bertz CT molecular complexity index is 256. The van der Waals surface area contributed by atoms with Gasteiger partial charge in [0.25, 0.3) is 0 Å². The number of nitrogens with two attached hydrogens (primary N) is 1. The number of amides is 1. The van der Waals surface area contributed by atoms with Crippen molar-refractivity contribution in [1.82, 2.24) is 5.32 Å². The van der Waals surface area contributed by atoms with E-state index < -0.39 is 0 Å². The van der Waals surface area contributed by atoms with Crippen molar-refractivity contribution in [1.29, 1.82) is 0 Å². The van der Waals surface area contributed by atoms with Crippen LogP contribution in [0.15, 0.2) is 0 Å². The highest BCUT2D eigenvalue weighted by atomic mass is 32.2. The van der Waals surface area contributed by atoms with E-state index in [1.807, 2.05) is 0 Å². The van der Waals surface area contributed by atoms with E-state index in [-0.39, 0.29) is 10.7 Å². The average molecular weight is 242 g/mol. The smallest absolute Gasteiger partial charge is 0.236 e. The quantitative estimate of drug-likeness (QED) is 0.774. The third-order valence-electron chi connectivity index (χ3n) is 3.81. The first-order valence-corrected chi connectivity index (χ1v) is 7.29. The van der Waals surface area contributed by atoms with Crippen LogP contribution in [0.25, 0.3) is 0 Å². The number of carbonyl (C=O) groups excluding carboxylic acids is 1. The second-order valence-corrected chi connectivity index (χ2v) is 6.87. The zero-order valence-corrected chi connectivity index (χ0v) is 10.8. The molecule has 2 rings (SSSR count). The second-order valence-electron chi connectivity index (χ2n) is 5.27. The summed E-state index contributed by atoms with van der Waals surface area (Å²) in [5.41, 5.74) is 5.86. The van der Waals surface area contributed by atoms with Crippen molar-refractivity contribution in [3.05, 3.63) is 0 Å².